The Morgan fingerprint density at radius 1 is 1.35 bits per heavy atom. The van der Waals surface area contributed by atoms with Crippen LogP contribution in [0.5, 0.6) is 0 Å². The maximum Gasteiger partial charge on any atom is 0.251 e. The molecule has 2 atom stereocenters. The van der Waals surface area contributed by atoms with Crippen LogP contribution in [0.3, 0.4) is 0 Å². The average molecular weight is 274 g/mol. The highest BCUT2D eigenvalue weighted by molar-refractivity contribution is 5.96. The normalized spacial score (nSPS) is 22.4. The Bertz CT molecular complexity index is 470. The Morgan fingerprint density at radius 3 is 2.80 bits per heavy atom. The van der Waals surface area contributed by atoms with Crippen LogP contribution in [0.15, 0.2) is 18.2 Å². The van der Waals surface area contributed by atoms with Gasteiger partial charge in [-0.15, -0.1) is 0 Å². The Labute approximate surface area is 122 Å². The Hall–Kier alpha value is -1.51. The molecule has 1 aliphatic carbocycles. The maximum atomic E-state index is 12.3. The molecule has 3 nitrogen and oxygen atoms in total. The van der Waals surface area contributed by atoms with Crippen molar-refractivity contribution in [3.05, 3.63) is 29.3 Å². The number of carbonyl (C=O) groups is 1. The van der Waals surface area contributed by atoms with Crippen LogP contribution in [0.25, 0.3) is 0 Å². The van der Waals surface area contributed by atoms with Gasteiger partial charge in [-0.05, 0) is 55.4 Å². The first-order chi connectivity index (χ1) is 9.60. The zero-order valence-corrected chi connectivity index (χ0v) is 12.8. The quantitative estimate of drug-likeness (QED) is 0.881. The molecule has 0 aliphatic heterocycles. The van der Waals surface area contributed by atoms with Gasteiger partial charge in [-0.25, -0.2) is 0 Å². The molecule has 0 spiro atoms. The molecule has 2 unspecified atom stereocenters. The van der Waals surface area contributed by atoms with Gasteiger partial charge in [-0.1, -0.05) is 19.8 Å². The number of carbonyl (C=O) groups excluding carboxylic acids is 1. The lowest BCUT2D eigenvalue weighted by Gasteiger charge is -2.26. The first-order valence-corrected chi connectivity index (χ1v) is 7.66. The fourth-order valence-corrected chi connectivity index (χ4v) is 3.15. The minimum atomic E-state index is 0.0587. The van der Waals surface area contributed by atoms with Crippen LogP contribution in [0, 0.1) is 18.8 Å². The minimum absolute atomic E-state index is 0.0587. The molecular formula is C17H26N2O. The molecule has 1 aromatic carbocycles. The van der Waals surface area contributed by atoms with Crippen molar-refractivity contribution in [2.75, 3.05) is 18.9 Å². The summed E-state index contributed by atoms with van der Waals surface area (Å²) in [6.07, 6.45) is 5.15. The third-order valence-electron chi connectivity index (χ3n) is 4.36. The number of anilines is 1. The van der Waals surface area contributed by atoms with Crippen LogP contribution in [0.1, 0.15) is 48.5 Å². The summed E-state index contributed by atoms with van der Waals surface area (Å²) >= 11 is 0. The second-order valence-corrected chi connectivity index (χ2v) is 6.13. The van der Waals surface area contributed by atoms with E-state index in [2.05, 4.69) is 17.6 Å². The van der Waals surface area contributed by atoms with Crippen LogP contribution in [-0.2, 0) is 0 Å². The molecule has 0 bridgehead atoms. The fraction of sp³-hybridized carbons (Fsp3) is 0.588. The Balaban J connectivity index is 1.91. The van der Waals surface area contributed by atoms with Gasteiger partial charge in [0.1, 0.15) is 0 Å². The first-order valence-electron chi connectivity index (χ1n) is 7.66. The fourth-order valence-electron chi connectivity index (χ4n) is 3.15. The van der Waals surface area contributed by atoms with Crippen LogP contribution in [0.4, 0.5) is 5.69 Å². The molecule has 1 aliphatic rings. The van der Waals surface area contributed by atoms with Gasteiger partial charge in [0, 0.05) is 24.8 Å². The van der Waals surface area contributed by atoms with Gasteiger partial charge in [0.25, 0.3) is 5.91 Å². The van der Waals surface area contributed by atoms with Crippen molar-refractivity contribution in [1.29, 1.82) is 0 Å². The van der Waals surface area contributed by atoms with Crippen LogP contribution in [-0.4, -0.2) is 19.5 Å². The molecule has 3 heteroatoms. The molecule has 0 heterocycles. The van der Waals surface area contributed by atoms with E-state index in [1.165, 1.54) is 25.7 Å². The lowest BCUT2D eigenvalue weighted by molar-refractivity contribution is 0.0940. The van der Waals surface area contributed by atoms with Gasteiger partial charge >= 0.3 is 0 Å². The highest BCUT2D eigenvalue weighted by Gasteiger charge is 2.19. The summed E-state index contributed by atoms with van der Waals surface area (Å²) in [6.45, 7) is 5.11. The molecule has 0 saturated heterocycles. The summed E-state index contributed by atoms with van der Waals surface area (Å²) in [5.41, 5.74) is 2.85. The summed E-state index contributed by atoms with van der Waals surface area (Å²) in [7, 11) is 1.89. The number of hydrogen-bond acceptors (Lipinski definition) is 2. The van der Waals surface area contributed by atoms with E-state index in [0.717, 1.165) is 29.3 Å². The molecular weight excluding hydrogens is 248 g/mol. The number of aryl methyl sites for hydroxylation is 1. The average Bonchev–Trinajstić information content (AvgIpc) is 2.44. The summed E-state index contributed by atoms with van der Waals surface area (Å²) < 4.78 is 0. The summed E-state index contributed by atoms with van der Waals surface area (Å²) in [5, 5.41) is 6.20. The predicted octanol–water partition coefficient (Wildman–Crippen LogP) is 3.59. The van der Waals surface area contributed by atoms with Crippen LogP contribution < -0.4 is 10.6 Å². The van der Waals surface area contributed by atoms with E-state index in [4.69, 9.17) is 0 Å². The van der Waals surface area contributed by atoms with E-state index >= 15 is 0 Å². The standard InChI is InChI=1S/C17H26N2O/c1-12-5-4-6-14(9-12)11-19-17(20)16-8-7-15(18-3)10-13(16)2/h7-8,10,12,14,18H,4-6,9,11H2,1-3H3,(H,19,20). The molecule has 2 rings (SSSR count). The molecule has 0 radical (unpaired) electrons. The lowest BCUT2D eigenvalue weighted by atomic mass is 9.82. The number of benzene rings is 1. The monoisotopic (exact) mass is 274 g/mol. The topological polar surface area (TPSA) is 41.1 Å². The third-order valence-corrected chi connectivity index (χ3v) is 4.36. The highest BCUT2D eigenvalue weighted by Crippen LogP contribution is 2.28. The van der Waals surface area contributed by atoms with Crippen LogP contribution >= 0.6 is 0 Å². The lowest BCUT2D eigenvalue weighted by Crippen LogP contribution is -2.31. The molecule has 0 aromatic heterocycles. The van der Waals surface area contributed by atoms with Gasteiger partial charge in [-0.3, -0.25) is 4.79 Å². The molecule has 20 heavy (non-hydrogen) atoms. The van der Waals surface area contributed by atoms with Crippen LogP contribution in [0.2, 0.25) is 0 Å². The second-order valence-electron chi connectivity index (χ2n) is 6.13. The van der Waals surface area contributed by atoms with Crippen molar-refractivity contribution in [3.63, 3.8) is 0 Å². The van der Waals surface area contributed by atoms with Crippen molar-refractivity contribution < 1.29 is 4.79 Å². The number of amides is 1. The zero-order valence-electron chi connectivity index (χ0n) is 12.8. The molecule has 2 N–H and O–H groups in total. The third kappa shape index (κ3) is 3.75. The molecule has 1 amide bonds. The predicted molar refractivity (Wildman–Crippen MR) is 84.2 cm³/mol. The minimum Gasteiger partial charge on any atom is -0.388 e. The molecule has 1 saturated carbocycles. The van der Waals surface area contributed by atoms with Crippen molar-refractivity contribution >= 4 is 11.6 Å². The van der Waals surface area contributed by atoms with E-state index in [9.17, 15) is 4.79 Å². The largest absolute Gasteiger partial charge is 0.388 e. The molecule has 1 aromatic rings. The van der Waals surface area contributed by atoms with Gasteiger partial charge in [-0.2, -0.15) is 0 Å². The molecule has 110 valence electrons. The van der Waals surface area contributed by atoms with Crippen molar-refractivity contribution in [2.45, 2.75) is 39.5 Å². The van der Waals surface area contributed by atoms with Gasteiger partial charge in [0.15, 0.2) is 0 Å². The van der Waals surface area contributed by atoms with Gasteiger partial charge in [0.2, 0.25) is 0 Å². The van der Waals surface area contributed by atoms with Gasteiger partial charge < -0.3 is 10.6 Å². The van der Waals surface area contributed by atoms with E-state index in [0.29, 0.717) is 5.92 Å². The Morgan fingerprint density at radius 2 is 2.15 bits per heavy atom. The van der Waals surface area contributed by atoms with E-state index < -0.39 is 0 Å². The summed E-state index contributed by atoms with van der Waals surface area (Å²) in [5.74, 6) is 1.52. The number of rotatable bonds is 4. The van der Waals surface area contributed by atoms with E-state index in [1.54, 1.807) is 0 Å². The molecule has 1 fully saturated rings. The van der Waals surface area contributed by atoms with Crippen molar-refractivity contribution in [1.82, 2.24) is 5.32 Å². The number of hydrogen-bond donors (Lipinski definition) is 2. The maximum absolute atomic E-state index is 12.3. The smallest absolute Gasteiger partial charge is 0.251 e. The van der Waals surface area contributed by atoms with E-state index in [-0.39, 0.29) is 5.91 Å². The van der Waals surface area contributed by atoms with Crippen molar-refractivity contribution in [2.24, 2.45) is 11.8 Å². The number of nitrogens with one attached hydrogen (secondary N) is 2. The zero-order chi connectivity index (χ0) is 14.5. The first kappa shape index (κ1) is 14.9. The highest BCUT2D eigenvalue weighted by atomic mass is 16.1. The summed E-state index contributed by atoms with van der Waals surface area (Å²) in [6, 6.07) is 5.86. The van der Waals surface area contributed by atoms with Gasteiger partial charge in [0.05, 0.1) is 0 Å². The summed E-state index contributed by atoms with van der Waals surface area (Å²) in [4.78, 5) is 12.3. The van der Waals surface area contributed by atoms with Crippen molar-refractivity contribution in [3.8, 4) is 0 Å². The second kappa shape index (κ2) is 6.78. The SMILES string of the molecule is CNc1ccc(C(=O)NCC2CCCC(C)C2)c(C)c1. The van der Waals surface area contributed by atoms with E-state index in [1.807, 2.05) is 32.2 Å². The Kier molecular flexibility index (Phi) is 5.05.